The molecule has 0 aromatic heterocycles. The standard InChI is InChI=1S/C20H29N3O8/c1-2-6-11(21)19(29)23-12(9-24)15(25)17(27)18(28)16(26)13(14(22)20(30)31)10-7-4-3-5-8-10/h2-5,7-8,11-15,17-18,24-25,27-28H,1,6,9,21-22H2,(H,23,29)(H,30,31)/t11-,12-,13?,14-,15+,17+,18+/m0/s1. The van der Waals surface area contributed by atoms with Crippen molar-refractivity contribution in [1.82, 2.24) is 5.32 Å². The number of aliphatic hydroxyl groups excluding tert-OH is 4. The molecule has 172 valence electrons. The molecule has 0 heterocycles. The van der Waals surface area contributed by atoms with Gasteiger partial charge in [0, 0.05) is 0 Å². The molecule has 0 spiro atoms. The van der Waals surface area contributed by atoms with Crippen molar-refractivity contribution in [1.29, 1.82) is 0 Å². The van der Waals surface area contributed by atoms with E-state index >= 15 is 0 Å². The number of aliphatic hydroxyl groups is 4. The van der Waals surface area contributed by atoms with Crippen molar-refractivity contribution in [2.75, 3.05) is 6.61 Å². The maximum atomic E-state index is 12.8. The molecule has 1 aromatic carbocycles. The van der Waals surface area contributed by atoms with E-state index in [1.165, 1.54) is 30.3 Å². The minimum Gasteiger partial charge on any atom is -0.480 e. The highest BCUT2D eigenvalue weighted by atomic mass is 16.4. The average Bonchev–Trinajstić information content (AvgIpc) is 2.76. The number of Topliss-reactive ketones (excluding diaryl/α,β-unsaturated/α-hetero) is 1. The van der Waals surface area contributed by atoms with E-state index < -0.39 is 66.6 Å². The summed E-state index contributed by atoms with van der Waals surface area (Å²) in [6.45, 7) is 2.59. The lowest BCUT2D eigenvalue weighted by molar-refractivity contribution is -0.148. The number of nitrogens with two attached hydrogens (primary N) is 2. The van der Waals surface area contributed by atoms with Crippen molar-refractivity contribution in [2.45, 2.75) is 48.8 Å². The van der Waals surface area contributed by atoms with Gasteiger partial charge in [0.1, 0.15) is 24.4 Å². The SMILES string of the molecule is C=CC[C@H](N)C(=O)N[C@@H](CO)[C@@H](O)[C@@H](O)[C@H](O)C(=O)C(c1ccccc1)[C@H](N)C(=O)O. The van der Waals surface area contributed by atoms with Gasteiger partial charge in [0.15, 0.2) is 5.78 Å². The molecule has 1 rings (SSSR count). The first-order valence-electron chi connectivity index (χ1n) is 9.45. The van der Waals surface area contributed by atoms with Crippen LogP contribution in [-0.2, 0) is 14.4 Å². The van der Waals surface area contributed by atoms with E-state index in [4.69, 9.17) is 11.5 Å². The van der Waals surface area contributed by atoms with Crippen molar-refractivity contribution in [3.8, 4) is 0 Å². The van der Waals surface area contributed by atoms with E-state index in [1.807, 2.05) is 0 Å². The molecule has 0 fully saturated rings. The number of carboxylic acids is 1. The van der Waals surface area contributed by atoms with Crippen molar-refractivity contribution in [3.63, 3.8) is 0 Å². The van der Waals surface area contributed by atoms with E-state index in [9.17, 15) is 39.9 Å². The monoisotopic (exact) mass is 439 g/mol. The van der Waals surface area contributed by atoms with Crippen LogP contribution in [0, 0.1) is 0 Å². The summed E-state index contributed by atoms with van der Waals surface area (Å²) in [6.07, 6.45) is -4.93. The van der Waals surface area contributed by atoms with Crippen LogP contribution in [0.2, 0.25) is 0 Å². The quantitative estimate of drug-likeness (QED) is 0.148. The molecular formula is C20H29N3O8. The Labute approximate surface area is 179 Å². The largest absolute Gasteiger partial charge is 0.480 e. The van der Waals surface area contributed by atoms with Crippen LogP contribution in [0.1, 0.15) is 17.9 Å². The minimum atomic E-state index is -2.27. The predicted octanol–water partition coefficient (Wildman–Crippen LogP) is -2.79. The van der Waals surface area contributed by atoms with Crippen molar-refractivity contribution in [2.24, 2.45) is 11.5 Å². The second-order valence-electron chi connectivity index (χ2n) is 7.01. The highest BCUT2D eigenvalue weighted by Gasteiger charge is 2.42. The highest BCUT2D eigenvalue weighted by Crippen LogP contribution is 2.23. The zero-order valence-corrected chi connectivity index (χ0v) is 16.7. The number of hydrogen-bond acceptors (Lipinski definition) is 9. The van der Waals surface area contributed by atoms with Crippen LogP contribution < -0.4 is 16.8 Å². The third-order valence-electron chi connectivity index (χ3n) is 4.77. The fourth-order valence-corrected chi connectivity index (χ4v) is 2.94. The van der Waals surface area contributed by atoms with Crippen LogP contribution in [0.4, 0.5) is 0 Å². The first-order valence-corrected chi connectivity index (χ1v) is 9.45. The summed E-state index contributed by atoms with van der Waals surface area (Å²) in [7, 11) is 0. The zero-order valence-electron chi connectivity index (χ0n) is 16.7. The first-order chi connectivity index (χ1) is 14.6. The lowest BCUT2D eigenvalue weighted by Gasteiger charge is -2.31. The van der Waals surface area contributed by atoms with Gasteiger partial charge in [-0.05, 0) is 12.0 Å². The summed E-state index contributed by atoms with van der Waals surface area (Å²) in [5.41, 5.74) is 11.4. The maximum Gasteiger partial charge on any atom is 0.321 e. The summed E-state index contributed by atoms with van der Waals surface area (Å²) in [6, 6.07) is 3.31. The molecule has 31 heavy (non-hydrogen) atoms. The highest BCUT2D eigenvalue weighted by molar-refractivity contribution is 5.95. The molecule has 0 aliphatic carbocycles. The summed E-state index contributed by atoms with van der Waals surface area (Å²) in [5.74, 6) is -4.96. The van der Waals surface area contributed by atoms with Gasteiger partial charge in [0.05, 0.1) is 24.6 Å². The molecule has 1 unspecified atom stereocenters. The van der Waals surface area contributed by atoms with Gasteiger partial charge in [0.2, 0.25) is 5.91 Å². The fourth-order valence-electron chi connectivity index (χ4n) is 2.94. The van der Waals surface area contributed by atoms with E-state index in [-0.39, 0.29) is 12.0 Å². The first kappa shape index (κ1) is 26.4. The third kappa shape index (κ3) is 6.92. The molecule has 11 nitrogen and oxygen atoms in total. The number of ketones is 1. The topological polar surface area (TPSA) is 216 Å². The zero-order chi connectivity index (χ0) is 23.7. The Morgan fingerprint density at radius 3 is 2.13 bits per heavy atom. The lowest BCUT2D eigenvalue weighted by atomic mass is 9.83. The Kier molecular flexibility index (Phi) is 10.4. The second-order valence-corrected chi connectivity index (χ2v) is 7.01. The van der Waals surface area contributed by atoms with Gasteiger partial charge in [0.25, 0.3) is 0 Å². The molecule has 0 saturated carbocycles. The van der Waals surface area contributed by atoms with Crippen LogP contribution in [0.5, 0.6) is 0 Å². The van der Waals surface area contributed by atoms with Crippen molar-refractivity contribution < 1.29 is 39.9 Å². The number of hydrogen-bond donors (Lipinski definition) is 8. The predicted molar refractivity (Wildman–Crippen MR) is 110 cm³/mol. The molecule has 10 N–H and O–H groups in total. The van der Waals surface area contributed by atoms with E-state index in [2.05, 4.69) is 11.9 Å². The number of nitrogens with one attached hydrogen (secondary N) is 1. The third-order valence-corrected chi connectivity index (χ3v) is 4.77. The Hall–Kier alpha value is -2.67. The molecule has 0 aliphatic rings. The van der Waals surface area contributed by atoms with E-state index in [0.29, 0.717) is 0 Å². The van der Waals surface area contributed by atoms with E-state index in [0.717, 1.165) is 0 Å². The fraction of sp³-hybridized carbons (Fsp3) is 0.450. The van der Waals surface area contributed by atoms with Crippen LogP contribution in [0.25, 0.3) is 0 Å². The smallest absolute Gasteiger partial charge is 0.321 e. The number of carbonyl (C=O) groups excluding carboxylic acids is 2. The minimum absolute atomic E-state index is 0.107. The number of aliphatic carboxylic acids is 1. The summed E-state index contributed by atoms with van der Waals surface area (Å²) in [5, 5.41) is 51.9. The summed E-state index contributed by atoms with van der Waals surface area (Å²) < 4.78 is 0. The van der Waals surface area contributed by atoms with Gasteiger partial charge in [-0.25, -0.2) is 0 Å². The normalized spacial score (nSPS) is 18.0. The van der Waals surface area contributed by atoms with Gasteiger partial charge < -0.3 is 42.3 Å². The number of benzene rings is 1. The molecular weight excluding hydrogens is 410 g/mol. The van der Waals surface area contributed by atoms with Crippen molar-refractivity contribution in [3.05, 3.63) is 48.6 Å². The molecule has 7 atom stereocenters. The van der Waals surface area contributed by atoms with Gasteiger partial charge >= 0.3 is 5.97 Å². The number of rotatable bonds is 13. The number of carboxylic acid groups (broad SMARTS) is 1. The van der Waals surface area contributed by atoms with Gasteiger partial charge in [-0.3, -0.25) is 14.4 Å². The maximum absolute atomic E-state index is 12.8. The molecule has 0 aliphatic heterocycles. The molecule has 0 radical (unpaired) electrons. The Bertz CT molecular complexity index is 760. The summed E-state index contributed by atoms with van der Waals surface area (Å²) in [4.78, 5) is 36.2. The van der Waals surface area contributed by atoms with Gasteiger partial charge in [-0.2, -0.15) is 0 Å². The average molecular weight is 439 g/mol. The van der Waals surface area contributed by atoms with Crippen LogP contribution in [-0.4, -0.2) is 86.2 Å². The summed E-state index contributed by atoms with van der Waals surface area (Å²) >= 11 is 0. The Morgan fingerprint density at radius 1 is 1.06 bits per heavy atom. The Morgan fingerprint density at radius 2 is 1.65 bits per heavy atom. The number of carbonyl (C=O) groups is 3. The van der Waals surface area contributed by atoms with Crippen molar-refractivity contribution >= 4 is 17.7 Å². The van der Waals surface area contributed by atoms with Crippen LogP contribution in [0.3, 0.4) is 0 Å². The molecule has 1 amide bonds. The van der Waals surface area contributed by atoms with Crippen LogP contribution >= 0.6 is 0 Å². The van der Waals surface area contributed by atoms with Gasteiger partial charge in [-0.1, -0.05) is 36.4 Å². The molecule has 0 saturated heterocycles. The van der Waals surface area contributed by atoms with Gasteiger partial charge in [-0.15, -0.1) is 6.58 Å². The second kappa shape index (κ2) is 12.2. The molecule has 1 aromatic rings. The molecule has 11 heteroatoms. The van der Waals surface area contributed by atoms with E-state index in [1.54, 1.807) is 6.07 Å². The lowest BCUT2D eigenvalue weighted by Crippen LogP contribution is -2.58. The number of amides is 1. The molecule has 0 bridgehead atoms. The van der Waals surface area contributed by atoms with Crippen LogP contribution in [0.15, 0.2) is 43.0 Å². The Balaban J connectivity index is 3.04.